The first-order valence-corrected chi connectivity index (χ1v) is 6.10. The van der Waals surface area contributed by atoms with E-state index in [1.807, 2.05) is 0 Å². The number of aliphatic hydroxyl groups is 1. The minimum absolute atomic E-state index is 0.270. The number of halogens is 4. The third kappa shape index (κ3) is 3.28. The molecule has 0 saturated carbocycles. The lowest BCUT2D eigenvalue weighted by molar-refractivity contribution is -0.140. The molecule has 0 radical (unpaired) electrons. The van der Waals surface area contributed by atoms with Crippen LogP contribution in [0.15, 0.2) is 18.2 Å². The quantitative estimate of drug-likeness (QED) is 0.866. The maximum Gasteiger partial charge on any atom is 0.419 e. The van der Waals surface area contributed by atoms with Crippen molar-refractivity contribution >= 4 is 0 Å². The van der Waals surface area contributed by atoms with Crippen molar-refractivity contribution in [3.8, 4) is 0 Å². The van der Waals surface area contributed by atoms with Gasteiger partial charge in [0.15, 0.2) is 0 Å². The first kappa shape index (κ1) is 15.2. The van der Waals surface area contributed by atoms with Gasteiger partial charge in [0.05, 0.1) is 17.8 Å². The highest BCUT2D eigenvalue weighted by molar-refractivity contribution is 5.26. The van der Waals surface area contributed by atoms with Crippen molar-refractivity contribution in [1.82, 2.24) is 4.90 Å². The molecule has 7 heteroatoms. The number of β-amino-alcohol motifs (C(OH)–C–C–N with tert-alkyl or cyclic N) is 1. The Morgan fingerprint density at radius 3 is 2.55 bits per heavy atom. The summed E-state index contributed by atoms with van der Waals surface area (Å²) in [5.41, 5.74) is -0.836. The molecule has 0 unspecified atom stereocenters. The number of ether oxygens (including phenoxy) is 1. The first-order chi connectivity index (χ1) is 9.31. The van der Waals surface area contributed by atoms with Gasteiger partial charge in [0.25, 0.3) is 0 Å². The van der Waals surface area contributed by atoms with Crippen LogP contribution < -0.4 is 0 Å². The van der Waals surface area contributed by atoms with Crippen molar-refractivity contribution in [2.24, 2.45) is 0 Å². The number of likely N-dealkylation sites (tertiary alicyclic amines) is 1. The number of hydrogen-bond acceptors (Lipinski definition) is 3. The van der Waals surface area contributed by atoms with Crippen LogP contribution in [0.2, 0.25) is 0 Å². The highest BCUT2D eigenvalue weighted by atomic mass is 19.4. The monoisotopic (exact) mass is 293 g/mol. The molecule has 0 spiro atoms. The molecule has 20 heavy (non-hydrogen) atoms. The SMILES string of the molecule is CO[C@H]1CN(Cc2ccc(C(F)(F)F)c(F)c2)C[C@@H]1O. The van der Waals surface area contributed by atoms with Crippen LogP contribution in [0.1, 0.15) is 11.1 Å². The summed E-state index contributed by atoms with van der Waals surface area (Å²) in [5.74, 6) is -1.28. The van der Waals surface area contributed by atoms with Crippen LogP contribution in [-0.4, -0.2) is 42.4 Å². The van der Waals surface area contributed by atoms with Crippen molar-refractivity contribution in [2.45, 2.75) is 24.9 Å². The molecular formula is C13H15F4NO2. The van der Waals surface area contributed by atoms with Gasteiger partial charge in [-0.05, 0) is 17.7 Å². The van der Waals surface area contributed by atoms with Gasteiger partial charge in [0.1, 0.15) is 5.82 Å². The standard InChI is InChI=1S/C13H15F4NO2/c1-20-12-7-18(6-11(12)19)5-8-2-3-9(10(14)4-8)13(15,16)17/h2-4,11-12,19H,5-7H2,1H3/t11-,12-/m0/s1. The Hall–Kier alpha value is -1.18. The number of rotatable bonds is 3. The molecule has 2 atom stereocenters. The molecule has 2 rings (SSSR count). The summed E-state index contributed by atoms with van der Waals surface area (Å²) in [4.78, 5) is 1.81. The topological polar surface area (TPSA) is 32.7 Å². The molecule has 1 saturated heterocycles. The summed E-state index contributed by atoms with van der Waals surface area (Å²) >= 11 is 0. The maximum absolute atomic E-state index is 13.4. The van der Waals surface area contributed by atoms with Crippen molar-refractivity contribution < 1.29 is 27.4 Å². The Labute approximate surface area is 113 Å². The molecule has 1 aliphatic rings. The normalized spacial score (nSPS) is 24.3. The second-order valence-corrected chi connectivity index (χ2v) is 4.85. The highest BCUT2D eigenvalue weighted by Crippen LogP contribution is 2.31. The van der Waals surface area contributed by atoms with E-state index in [0.29, 0.717) is 18.7 Å². The Kier molecular flexibility index (Phi) is 4.31. The van der Waals surface area contributed by atoms with Crippen LogP contribution in [0, 0.1) is 5.82 Å². The molecule has 0 bridgehead atoms. The number of benzene rings is 1. The molecule has 0 aromatic heterocycles. The summed E-state index contributed by atoms with van der Waals surface area (Å²) in [6, 6.07) is 2.87. The molecule has 1 aromatic rings. The second-order valence-electron chi connectivity index (χ2n) is 4.85. The van der Waals surface area contributed by atoms with Crippen LogP contribution in [0.4, 0.5) is 17.6 Å². The van der Waals surface area contributed by atoms with Gasteiger partial charge in [-0.25, -0.2) is 4.39 Å². The fraction of sp³-hybridized carbons (Fsp3) is 0.538. The zero-order chi connectivity index (χ0) is 14.9. The Morgan fingerprint density at radius 1 is 1.35 bits per heavy atom. The smallest absolute Gasteiger partial charge is 0.389 e. The van der Waals surface area contributed by atoms with Crippen LogP contribution in [-0.2, 0) is 17.5 Å². The molecule has 1 N–H and O–H groups in total. The third-order valence-corrected chi connectivity index (χ3v) is 3.36. The Balaban J connectivity index is 2.07. The number of hydrogen-bond donors (Lipinski definition) is 1. The van der Waals surface area contributed by atoms with Crippen LogP contribution in [0.3, 0.4) is 0 Å². The van der Waals surface area contributed by atoms with E-state index in [0.717, 1.165) is 12.1 Å². The number of methoxy groups -OCH3 is 1. The van der Waals surface area contributed by atoms with Crippen molar-refractivity contribution in [3.63, 3.8) is 0 Å². The van der Waals surface area contributed by atoms with Gasteiger partial charge in [-0.15, -0.1) is 0 Å². The van der Waals surface area contributed by atoms with Crippen LogP contribution in [0.25, 0.3) is 0 Å². The van der Waals surface area contributed by atoms with Gasteiger partial charge in [0, 0.05) is 26.7 Å². The minimum Gasteiger partial charge on any atom is -0.389 e. The zero-order valence-corrected chi connectivity index (χ0v) is 10.8. The van der Waals surface area contributed by atoms with E-state index < -0.39 is 23.7 Å². The highest BCUT2D eigenvalue weighted by Gasteiger charge is 2.34. The lowest BCUT2D eigenvalue weighted by Crippen LogP contribution is -2.25. The fourth-order valence-electron chi connectivity index (χ4n) is 2.34. The van der Waals surface area contributed by atoms with E-state index in [-0.39, 0.29) is 12.6 Å². The molecule has 0 amide bonds. The molecule has 1 aromatic carbocycles. The summed E-state index contributed by atoms with van der Waals surface area (Å²) in [5, 5.41) is 9.65. The fourth-order valence-corrected chi connectivity index (χ4v) is 2.34. The van der Waals surface area contributed by atoms with E-state index in [1.54, 1.807) is 4.90 Å². The van der Waals surface area contributed by atoms with E-state index in [9.17, 15) is 22.7 Å². The number of aliphatic hydroxyl groups excluding tert-OH is 1. The Bertz CT molecular complexity index is 478. The molecule has 0 aliphatic carbocycles. The summed E-state index contributed by atoms with van der Waals surface area (Å²) < 4.78 is 55.8. The minimum atomic E-state index is -4.69. The van der Waals surface area contributed by atoms with Gasteiger partial charge in [0.2, 0.25) is 0 Å². The second kappa shape index (κ2) is 5.67. The predicted molar refractivity (Wildman–Crippen MR) is 63.5 cm³/mol. The van der Waals surface area contributed by atoms with Crippen molar-refractivity contribution in [3.05, 3.63) is 35.1 Å². The zero-order valence-electron chi connectivity index (χ0n) is 10.8. The van der Waals surface area contributed by atoms with Crippen LogP contribution in [0.5, 0.6) is 0 Å². The summed E-state index contributed by atoms with van der Waals surface area (Å²) in [6.45, 7) is 1.08. The Morgan fingerprint density at radius 2 is 2.05 bits per heavy atom. The van der Waals surface area contributed by atoms with Gasteiger partial charge < -0.3 is 9.84 Å². The van der Waals surface area contributed by atoms with Gasteiger partial charge in [-0.2, -0.15) is 13.2 Å². The molecule has 1 fully saturated rings. The number of alkyl halides is 3. The first-order valence-electron chi connectivity index (χ1n) is 6.10. The third-order valence-electron chi connectivity index (χ3n) is 3.36. The van der Waals surface area contributed by atoms with Gasteiger partial charge in [-0.1, -0.05) is 6.07 Å². The predicted octanol–water partition coefficient (Wildman–Crippen LogP) is 2.04. The molecular weight excluding hydrogens is 278 g/mol. The van der Waals surface area contributed by atoms with Crippen LogP contribution >= 0.6 is 0 Å². The maximum atomic E-state index is 13.4. The van der Waals surface area contributed by atoms with Crippen molar-refractivity contribution in [2.75, 3.05) is 20.2 Å². The lowest BCUT2D eigenvalue weighted by Gasteiger charge is -2.16. The van der Waals surface area contributed by atoms with Crippen molar-refractivity contribution in [1.29, 1.82) is 0 Å². The molecule has 1 aliphatic heterocycles. The number of nitrogens with zero attached hydrogens (tertiary/aromatic N) is 1. The van der Waals surface area contributed by atoms with Gasteiger partial charge >= 0.3 is 6.18 Å². The van der Waals surface area contributed by atoms with E-state index >= 15 is 0 Å². The largest absolute Gasteiger partial charge is 0.419 e. The average molecular weight is 293 g/mol. The van der Waals surface area contributed by atoms with E-state index in [4.69, 9.17) is 4.74 Å². The summed E-state index contributed by atoms with van der Waals surface area (Å²) in [7, 11) is 1.48. The van der Waals surface area contributed by atoms with E-state index in [2.05, 4.69) is 0 Å². The molecule has 1 heterocycles. The van der Waals surface area contributed by atoms with Gasteiger partial charge in [-0.3, -0.25) is 4.90 Å². The average Bonchev–Trinajstić information content (AvgIpc) is 2.67. The molecule has 3 nitrogen and oxygen atoms in total. The molecule has 112 valence electrons. The summed E-state index contributed by atoms with van der Waals surface area (Å²) in [6.07, 6.45) is -5.65. The van der Waals surface area contributed by atoms with E-state index in [1.165, 1.54) is 13.2 Å². The lowest BCUT2D eigenvalue weighted by atomic mass is 10.1.